The molecule has 2 rings (SSSR count). The molecule has 2 aromatic rings. The van der Waals surface area contributed by atoms with Gasteiger partial charge in [-0.3, -0.25) is 5.32 Å². The van der Waals surface area contributed by atoms with Crippen LogP contribution < -0.4 is 14.8 Å². The number of carbonyl (C=O) groups excluding carboxylic acids is 1. The first-order valence-corrected chi connectivity index (χ1v) is 5.85. The van der Waals surface area contributed by atoms with E-state index in [1.165, 1.54) is 7.11 Å². The molecule has 5 heteroatoms. The number of para-hydroxylation sites is 1. The van der Waals surface area contributed by atoms with E-state index in [-0.39, 0.29) is 0 Å². The number of methoxy groups -OCH3 is 1. The quantitative estimate of drug-likeness (QED) is 0.928. The van der Waals surface area contributed by atoms with Crippen molar-refractivity contribution >= 4 is 11.8 Å². The van der Waals surface area contributed by atoms with Crippen LogP contribution >= 0.6 is 0 Å². The summed E-state index contributed by atoms with van der Waals surface area (Å²) < 4.78 is 10.2. The Morgan fingerprint density at radius 2 is 1.95 bits per heavy atom. The topological polar surface area (TPSA) is 71.3 Å². The minimum absolute atomic E-state index is 0.394. The fourth-order valence-corrected chi connectivity index (χ4v) is 1.60. The lowest BCUT2D eigenvalue weighted by atomic mass is 10.2. The van der Waals surface area contributed by atoms with Crippen LogP contribution in [0.5, 0.6) is 11.5 Å². The number of carbonyl (C=O) groups is 1. The number of benzene rings is 2. The molecule has 0 aliphatic rings. The summed E-state index contributed by atoms with van der Waals surface area (Å²) in [7, 11) is 1.46. The van der Waals surface area contributed by atoms with Crippen LogP contribution in [0.1, 0.15) is 5.56 Å². The lowest BCUT2D eigenvalue weighted by Crippen LogP contribution is -2.16. The summed E-state index contributed by atoms with van der Waals surface area (Å²) >= 11 is 0. The first kappa shape index (κ1) is 13.4. The molecule has 0 fully saturated rings. The van der Waals surface area contributed by atoms with Gasteiger partial charge in [0.25, 0.3) is 0 Å². The third-order valence-corrected chi connectivity index (χ3v) is 2.52. The number of hydrogen-bond donors (Lipinski definition) is 1. The van der Waals surface area contributed by atoms with Crippen molar-refractivity contribution in [3.05, 3.63) is 54.1 Å². The fraction of sp³-hybridized carbons (Fsp3) is 0.0667. The molecule has 5 nitrogen and oxygen atoms in total. The van der Waals surface area contributed by atoms with Crippen molar-refractivity contribution in [2.45, 2.75) is 0 Å². The molecule has 0 spiro atoms. The number of anilines is 1. The van der Waals surface area contributed by atoms with Crippen LogP contribution in [0, 0.1) is 11.3 Å². The monoisotopic (exact) mass is 268 g/mol. The van der Waals surface area contributed by atoms with Crippen molar-refractivity contribution in [3.63, 3.8) is 0 Å². The van der Waals surface area contributed by atoms with Gasteiger partial charge in [-0.25, -0.2) is 4.79 Å². The van der Waals surface area contributed by atoms with E-state index in [1.807, 2.05) is 12.1 Å². The summed E-state index contributed by atoms with van der Waals surface area (Å²) in [5, 5.41) is 11.4. The summed E-state index contributed by atoms with van der Waals surface area (Å²) in [5.41, 5.74) is 0.885. The lowest BCUT2D eigenvalue weighted by Gasteiger charge is -2.08. The zero-order chi connectivity index (χ0) is 14.4. The molecular weight excluding hydrogens is 256 g/mol. The Bertz CT molecular complexity index is 648. The summed E-state index contributed by atoms with van der Waals surface area (Å²) in [4.78, 5) is 11.7. The number of amides is 1. The van der Waals surface area contributed by atoms with Crippen molar-refractivity contribution in [1.29, 1.82) is 5.26 Å². The van der Waals surface area contributed by atoms with Gasteiger partial charge in [0.05, 0.1) is 12.7 Å². The highest BCUT2D eigenvalue weighted by Gasteiger charge is 2.08. The second kappa shape index (κ2) is 6.25. The van der Waals surface area contributed by atoms with Gasteiger partial charge in [0.2, 0.25) is 0 Å². The van der Waals surface area contributed by atoms with E-state index in [0.717, 1.165) is 0 Å². The number of hydrogen-bond acceptors (Lipinski definition) is 4. The molecular formula is C15H12N2O3. The third kappa shape index (κ3) is 3.27. The molecule has 0 aromatic heterocycles. The largest absolute Gasteiger partial charge is 0.495 e. The molecule has 0 atom stereocenters. The predicted molar refractivity (Wildman–Crippen MR) is 73.8 cm³/mol. The molecule has 0 saturated heterocycles. The number of ether oxygens (including phenoxy) is 2. The van der Waals surface area contributed by atoms with Gasteiger partial charge >= 0.3 is 6.09 Å². The summed E-state index contributed by atoms with van der Waals surface area (Å²) in [5.74, 6) is 0.843. The Kier molecular flexibility index (Phi) is 4.20. The smallest absolute Gasteiger partial charge is 0.417 e. The van der Waals surface area contributed by atoms with Gasteiger partial charge in [-0.15, -0.1) is 0 Å². The Morgan fingerprint density at radius 3 is 2.60 bits per heavy atom. The van der Waals surface area contributed by atoms with Crippen LogP contribution in [0.3, 0.4) is 0 Å². The van der Waals surface area contributed by atoms with Crippen LogP contribution in [0.25, 0.3) is 0 Å². The van der Waals surface area contributed by atoms with Gasteiger partial charge in [-0.2, -0.15) is 5.26 Å². The SMILES string of the molecule is COc1cc(NC(=O)Oc2ccccc2)ccc1C#N. The standard InChI is InChI=1S/C15H12N2O3/c1-19-14-9-12(8-7-11(14)10-16)17-15(18)20-13-5-3-2-4-6-13/h2-9H,1H3,(H,17,18). The predicted octanol–water partition coefficient (Wildman–Crippen LogP) is 3.18. The van der Waals surface area contributed by atoms with E-state index >= 15 is 0 Å². The molecule has 20 heavy (non-hydrogen) atoms. The van der Waals surface area contributed by atoms with Crippen LogP contribution in [0.2, 0.25) is 0 Å². The second-order valence-corrected chi connectivity index (χ2v) is 3.85. The Hall–Kier alpha value is -3.00. The molecule has 0 heterocycles. The maximum Gasteiger partial charge on any atom is 0.417 e. The lowest BCUT2D eigenvalue weighted by molar-refractivity contribution is 0.215. The minimum Gasteiger partial charge on any atom is -0.495 e. The van der Waals surface area contributed by atoms with Gasteiger partial charge in [-0.05, 0) is 24.3 Å². The van der Waals surface area contributed by atoms with E-state index in [4.69, 9.17) is 14.7 Å². The highest BCUT2D eigenvalue weighted by atomic mass is 16.6. The van der Waals surface area contributed by atoms with E-state index in [0.29, 0.717) is 22.7 Å². The van der Waals surface area contributed by atoms with E-state index in [2.05, 4.69) is 5.32 Å². The minimum atomic E-state index is -0.608. The molecule has 0 aliphatic carbocycles. The van der Waals surface area contributed by atoms with Crippen LogP contribution in [-0.4, -0.2) is 13.2 Å². The molecule has 0 radical (unpaired) electrons. The van der Waals surface area contributed by atoms with Gasteiger partial charge in [0.1, 0.15) is 17.6 Å². The van der Waals surface area contributed by atoms with Crippen LogP contribution in [0.15, 0.2) is 48.5 Å². The van der Waals surface area contributed by atoms with E-state index in [9.17, 15) is 4.79 Å². The molecule has 0 saturated carbocycles. The molecule has 100 valence electrons. The van der Waals surface area contributed by atoms with Gasteiger partial charge < -0.3 is 9.47 Å². The first-order chi connectivity index (χ1) is 9.72. The molecule has 0 bridgehead atoms. The highest BCUT2D eigenvalue weighted by molar-refractivity contribution is 5.86. The van der Waals surface area contributed by atoms with Crippen molar-refractivity contribution in [2.75, 3.05) is 12.4 Å². The molecule has 1 amide bonds. The third-order valence-electron chi connectivity index (χ3n) is 2.52. The number of nitrogens with zero attached hydrogens (tertiary/aromatic N) is 1. The summed E-state index contributed by atoms with van der Waals surface area (Å²) in [6.07, 6.45) is -0.608. The number of rotatable bonds is 3. The Morgan fingerprint density at radius 1 is 1.20 bits per heavy atom. The Balaban J connectivity index is 2.07. The molecule has 0 unspecified atom stereocenters. The Labute approximate surface area is 116 Å². The average Bonchev–Trinajstić information content (AvgIpc) is 2.48. The van der Waals surface area contributed by atoms with Crippen LogP contribution in [-0.2, 0) is 0 Å². The van der Waals surface area contributed by atoms with Crippen LogP contribution in [0.4, 0.5) is 10.5 Å². The van der Waals surface area contributed by atoms with Gasteiger partial charge in [0, 0.05) is 11.8 Å². The summed E-state index contributed by atoms with van der Waals surface area (Å²) in [6, 6.07) is 15.5. The van der Waals surface area contributed by atoms with E-state index < -0.39 is 6.09 Å². The van der Waals surface area contributed by atoms with Gasteiger partial charge in [-0.1, -0.05) is 18.2 Å². The van der Waals surface area contributed by atoms with Gasteiger partial charge in [0.15, 0.2) is 0 Å². The maximum atomic E-state index is 11.7. The molecule has 2 aromatic carbocycles. The number of nitrogens with one attached hydrogen (secondary N) is 1. The van der Waals surface area contributed by atoms with Crippen molar-refractivity contribution in [1.82, 2.24) is 0 Å². The normalized spacial score (nSPS) is 9.40. The first-order valence-electron chi connectivity index (χ1n) is 5.85. The van der Waals surface area contributed by atoms with Crippen molar-refractivity contribution in [3.8, 4) is 17.6 Å². The molecule has 0 aliphatic heterocycles. The zero-order valence-electron chi connectivity index (χ0n) is 10.8. The number of nitriles is 1. The summed E-state index contributed by atoms with van der Waals surface area (Å²) in [6.45, 7) is 0. The molecule has 1 N–H and O–H groups in total. The van der Waals surface area contributed by atoms with Crippen molar-refractivity contribution < 1.29 is 14.3 Å². The average molecular weight is 268 g/mol. The fourth-order valence-electron chi connectivity index (χ4n) is 1.60. The maximum absolute atomic E-state index is 11.7. The van der Waals surface area contributed by atoms with E-state index in [1.54, 1.807) is 42.5 Å². The second-order valence-electron chi connectivity index (χ2n) is 3.85. The van der Waals surface area contributed by atoms with Crippen molar-refractivity contribution in [2.24, 2.45) is 0 Å². The highest BCUT2D eigenvalue weighted by Crippen LogP contribution is 2.22. The zero-order valence-corrected chi connectivity index (χ0v) is 10.8.